The molecule has 2 aliphatic heterocycles. The van der Waals surface area contributed by atoms with E-state index in [0.29, 0.717) is 17.0 Å². The third kappa shape index (κ3) is 3.32. The number of ether oxygens (including phenoxy) is 2. The number of nitrogens with zero attached hydrogens (tertiary/aromatic N) is 2. The van der Waals surface area contributed by atoms with Crippen molar-refractivity contribution in [1.29, 1.82) is 0 Å². The summed E-state index contributed by atoms with van der Waals surface area (Å²) in [5.74, 6) is 2.68. The molecule has 2 aromatic rings. The summed E-state index contributed by atoms with van der Waals surface area (Å²) >= 11 is 7.92. The van der Waals surface area contributed by atoms with Crippen LogP contribution in [0.3, 0.4) is 0 Å². The minimum absolute atomic E-state index is 0.0455. The smallest absolute Gasteiger partial charge is 0.188 e. The largest absolute Gasteiger partial charge is 0.507 e. The minimum atomic E-state index is -0.176. The van der Waals surface area contributed by atoms with E-state index in [1.54, 1.807) is 37.1 Å². The molecule has 2 heterocycles. The molecule has 27 heavy (non-hydrogen) atoms. The molecule has 2 aliphatic rings. The van der Waals surface area contributed by atoms with Gasteiger partial charge in [-0.05, 0) is 36.3 Å². The summed E-state index contributed by atoms with van der Waals surface area (Å²) in [7, 11) is 1.66. The summed E-state index contributed by atoms with van der Waals surface area (Å²) in [4.78, 5) is 0. The number of phenols is 1. The first-order chi connectivity index (χ1) is 13.1. The quantitative estimate of drug-likeness (QED) is 0.784. The number of phenolic OH excluding ortho intramolecular Hbond substituents is 1. The molecule has 0 unspecified atom stereocenters. The Hall–Kier alpha value is -2.05. The standard InChI is InChI=1S/C20H21ClN2O3S/c1-25-18-5-3-4-13-16-11-15(14-10-12(21)6-7-17(14)24)22-23(16)19(8-9-27-2)26-20(13)18/h3-7,10,16,19,24H,8-9,11H2,1-2H3/t16-,19+/m1/s1. The van der Waals surface area contributed by atoms with E-state index in [1.165, 1.54) is 0 Å². The van der Waals surface area contributed by atoms with Gasteiger partial charge >= 0.3 is 0 Å². The maximum atomic E-state index is 10.3. The topological polar surface area (TPSA) is 54.3 Å². The van der Waals surface area contributed by atoms with Crippen molar-refractivity contribution >= 4 is 29.1 Å². The molecule has 0 bridgehead atoms. The zero-order chi connectivity index (χ0) is 19.0. The molecule has 4 rings (SSSR count). The van der Waals surface area contributed by atoms with E-state index in [0.717, 1.165) is 34.9 Å². The van der Waals surface area contributed by atoms with E-state index >= 15 is 0 Å². The van der Waals surface area contributed by atoms with E-state index in [4.69, 9.17) is 26.2 Å². The maximum absolute atomic E-state index is 10.3. The van der Waals surface area contributed by atoms with E-state index < -0.39 is 0 Å². The summed E-state index contributed by atoms with van der Waals surface area (Å²) < 4.78 is 11.8. The van der Waals surface area contributed by atoms with E-state index in [-0.39, 0.29) is 18.0 Å². The Kier molecular flexibility index (Phi) is 5.10. The van der Waals surface area contributed by atoms with Crippen molar-refractivity contribution < 1.29 is 14.6 Å². The van der Waals surface area contributed by atoms with Crippen LogP contribution in [0.2, 0.25) is 5.02 Å². The highest BCUT2D eigenvalue weighted by molar-refractivity contribution is 7.98. The van der Waals surface area contributed by atoms with E-state index in [1.807, 2.05) is 17.1 Å². The lowest BCUT2D eigenvalue weighted by molar-refractivity contribution is -0.0198. The van der Waals surface area contributed by atoms with Gasteiger partial charge in [-0.1, -0.05) is 23.7 Å². The molecule has 0 aliphatic carbocycles. The van der Waals surface area contributed by atoms with Crippen LogP contribution in [-0.2, 0) is 0 Å². The maximum Gasteiger partial charge on any atom is 0.188 e. The number of hydrogen-bond acceptors (Lipinski definition) is 6. The van der Waals surface area contributed by atoms with Crippen molar-refractivity contribution in [3.8, 4) is 17.2 Å². The van der Waals surface area contributed by atoms with Gasteiger partial charge in [0.15, 0.2) is 17.7 Å². The molecule has 2 atom stereocenters. The third-order valence-corrected chi connectivity index (χ3v) is 5.80. The molecule has 0 fully saturated rings. The van der Waals surface area contributed by atoms with Gasteiger partial charge in [-0.3, -0.25) is 5.01 Å². The van der Waals surface area contributed by atoms with Gasteiger partial charge in [0.25, 0.3) is 0 Å². The normalized spacial score (nSPS) is 20.6. The first-order valence-electron chi connectivity index (χ1n) is 8.79. The van der Waals surface area contributed by atoms with Crippen molar-refractivity contribution in [2.75, 3.05) is 19.1 Å². The minimum Gasteiger partial charge on any atom is -0.507 e. The Morgan fingerprint density at radius 1 is 1.37 bits per heavy atom. The van der Waals surface area contributed by atoms with Gasteiger partial charge in [0, 0.05) is 29.0 Å². The molecule has 5 nitrogen and oxygen atoms in total. The average molecular weight is 405 g/mol. The first-order valence-corrected chi connectivity index (χ1v) is 10.6. The summed E-state index contributed by atoms with van der Waals surface area (Å²) in [6, 6.07) is 11.0. The van der Waals surface area contributed by atoms with Crippen LogP contribution < -0.4 is 9.47 Å². The van der Waals surface area contributed by atoms with Crippen molar-refractivity contribution in [1.82, 2.24) is 5.01 Å². The zero-order valence-corrected chi connectivity index (χ0v) is 16.8. The summed E-state index contributed by atoms with van der Waals surface area (Å²) in [5, 5.41) is 17.7. The van der Waals surface area contributed by atoms with Gasteiger partial charge in [0.2, 0.25) is 0 Å². The van der Waals surface area contributed by atoms with Crippen LogP contribution in [0.5, 0.6) is 17.2 Å². The first kappa shape index (κ1) is 18.3. The number of hydrogen-bond donors (Lipinski definition) is 1. The number of aromatic hydroxyl groups is 1. The number of hydrazone groups is 1. The van der Waals surface area contributed by atoms with Crippen LogP contribution in [0, 0.1) is 0 Å². The summed E-state index contributed by atoms with van der Waals surface area (Å²) in [6.07, 6.45) is 3.42. The van der Waals surface area contributed by atoms with E-state index in [9.17, 15) is 5.11 Å². The Morgan fingerprint density at radius 2 is 2.22 bits per heavy atom. The number of rotatable bonds is 5. The fourth-order valence-electron chi connectivity index (χ4n) is 3.63. The van der Waals surface area contributed by atoms with Gasteiger partial charge < -0.3 is 14.6 Å². The lowest BCUT2D eigenvalue weighted by atomic mass is 9.95. The number of methoxy groups -OCH3 is 1. The predicted molar refractivity (Wildman–Crippen MR) is 109 cm³/mol. The van der Waals surface area contributed by atoms with Crippen LogP contribution in [0.1, 0.15) is 30.0 Å². The van der Waals surface area contributed by atoms with E-state index in [2.05, 4.69) is 12.3 Å². The second-order valence-electron chi connectivity index (χ2n) is 6.54. The third-order valence-electron chi connectivity index (χ3n) is 4.92. The van der Waals surface area contributed by atoms with Crippen molar-refractivity contribution in [3.63, 3.8) is 0 Å². The lowest BCUT2D eigenvalue weighted by Crippen LogP contribution is -2.40. The van der Waals surface area contributed by atoms with Crippen molar-refractivity contribution in [2.24, 2.45) is 5.10 Å². The Bertz CT molecular complexity index is 890. The molecule has 0 spiro atoms. The van der Waals surface area contributed by atoms with Crippen LogP contribution >= 0.6 is 23.4 Å². The molecule has 0 saturated carbocycles. The Balaban J connectivity index is 1.75. The summed E-state index contributed by atoms with van der Waals surface area (Å²) in [6.45, 7) is 0. The predicted octanol–water partition coefficient (Wildman–Crippen LogP) is 4.68. The highest BCUT2D eigenvalue weighted by Gasteiger charge is 2.41. The molecular formula is C20H21ClN2O3S. The second-order valence-corrected chi connectivity index (χ2v) is 7.96. The molecule has 142 valence electrons. The summed E-state index contributed by atoms with van der Waals surface area (Å²) in [5.41, 5.74) is 2.54. The molecule has 2 aromatic carbocycles. The average Bonchev–Trinajstić information content (AvgIpc) is 3.13. The zero-order valence-electron chi connectivity index (χ0n) is 15.2. The molecule has 0 aromatic heterocycles. The Morgan fingerprint density at radius 3 is 3.00 bits per heavy atom. The highest BCUT2D eigenvalue weighted by Crippen LogP contribution is 2.48. The number of para-hydroxylation sites is 1. The van der Waals surface area contributed by atoms with Crippen molar-refractivity contribution in [2.45, 2.75) is 25.1 Å². The molecule has 0 radical (unpaired) electrons. The molecule has 0 amide bonds. The monoisotopic (exact) mass is 404 g/mol. The van der Waals surface area contributed by atoms with Gasteiger partial charge in [-0.2, -0.15) is 16.9 Å². The van der Waals surface area contributed by atoms with Gasteiger partial charge in [0.1, 0.15) is 5.75 Å². The number of fused-ring (bicyclic) bond motifs is 3. The molecule has 7 heteroatoms. The number of thioether (sulfide) groups is 1. The Labute approximate surface area is 167 Å². The number of halogens is 1. The highest BCUT2D eigenvalue weighted by atomic mass is 35.5. The fourth-order valence-corrected chi connectivity index (χ4v) is 4.24. The molecule has 1 N–H and O–H groups in total. The molecular weight excluding hydrogens is 384 g/mol. The van der Waals surface area contributed by atoms with Crippen LogP contribution in [-0.4, -0.2) is 41.2 Å². The van der Waals surface area contributed by atoms with Crippen molar-refractivity contribution in [3.05, 3.63) is 52.5 Å². The SMILES string of the molecule is COc1cccc2c1O[C@@H](CCSC)N1N=C(c3cc(Cl)ccc3O)C[C@H]21. The van der Waals surface area contributed by atoms with Crippen LogP contribution in [0.4, 0.5) is 0 Å². The molecule has 0 saturated heterocycles. The second kappa shape index (κ2) is 7.52. The van der Waals surface area contributed by atoms with Gasteiger partial charge in [0.05, 0.1) is 18.9 Å². The van der Waals surface area contributed by atoms with Gasteiger partial charge in [-0.25, -0.2) is 0 Å². The fraction of sp³-hybridized carbons (Fsp3) is 0.350. The lowest BCUT2D eigenvalue weighted by Gasteiger charge is -2.38. The van der Waals surface area contributed by atoms with Crippen LogP contribution in [0.25, 0.3) is 0 Å². The van der Waals surface area contributed by atoms with Gasteiger partial charge in [-0.15, -0.1) is 0 Å². The number of benzene rings is 2. The van der Waals surface area contributed by atoms with Crippen LogP contribution in [0.15, 0.2) is 41.5 Å².